The molecule has 0 heterocycles. The van der Waals surface area contributed by atoms with Crippen molar-refractivity contribution >= 4 is 15.7 Å². The molecule has 0 aliphatic rings. The molecule has 1 unspecified atom stereocenters. The van der Waals surface area contributed by atoms with Crippen LogP contribution in [0.5, 0.6) is 0 Å². The van der Waals surface area contributed by atoms with Crippen LogP contribution in [0.25, 0.3) is 0 Å². The van der Waals surface area contributed by atoms with Gasteiger partial charge in [0.05, 0.1) is 17.2 Å². The molecule has 0 saturated heterocycles. The van der Waals surface area contributed by atoms with Crippen LogP contribution < -0.4 is 5.73 Å². The number of aliphatic hydroxyl groups is 1. The van der Waals surface area contributed by atoms with Crippen molar-refractivity contribution in [3.05, 3.63) is 23.5 Å². The third-order valence-electron chi connectivity index (χ3n) is 2.82. The number of likely N-dealkylation sites (N-methyl/N-ethyl adjacent to an activating group) is 1. The van der Waals surface area contributed by atoms with E-state index in [1.54, 1.807) is 6.92 Å². The summed E-state index contributed by atoms with van der Waals surface area (Å²) >= 11 is 0. The van der Waals surface area contributed by atoms with Crippen molar-refractivity contribution in [2.75, 3.05) is 19.4 Å². The highest BCUT2D eigenvalue weighted by Crippen LogP contribution is 2.23. The van der Waals surface area contributed by atoms with Crippen LogP contribution in [0.2, 0.25) is 0 Å². The molecule has 1 aromatic rings. The molecular formula is C11H17FN2O3S. The van der Waals surface area contributed by atoms with Crippen LogP contribution in [-0.4, -0.2) is 37.5 Å². The lowest BCUT2D eigenvalue weighted by molar-refractivity contribution is 0.214. The fraction of sp³-hybridized carbons (Fsp3) is 0.455. The van der Waals surface area contributed by atoms with Crippen LogP contribution >= 0.6 is 0 Å². The average Bonchev–Trinajstić information content (AvgIpc) is 2.33. The highest BCUT2D eigenvalue weighted by Gasteiger charge is 2.26. The minimum absolute atomic E-state index is 0.0818. The first-order valence-electron chi connectivity index (χ1n) is 5.36. The van der Waals surface area contributed by atoms with Crippen LogP contribution in [0.15, 0.2) is 17.0 Å². The molecule has 0 saturated carbocycles. The fourth-order valence-electron chi connectivity index (χ4n) is 1.43. The number of aryl methyl sites for hydroxylation is 1. The second-order valence-corrected chi connectivity index (χ2v) is 6.19. The molecule has 3 N–H and O–H groups in total. The molecule has 0 aromatic heterocycles. The van der Waals surface area contributed by atoms with Gasteiger partial charge in [0, 0.05) is 13.1 Å². The fourth-order valence-corrected chi connectivity index (χ4v) is 2.90. The molecule has 0 spiro atoms. The Morgan fingerprint density at radius 1 is 1.50 bits per heavy atom. The van der Waals surface area contributed by atoms with Gasteiger partial charge < -0.3 is 10.8 Å². The number of rotatable bonds is 4. The lowest BCUT2D eigenvalue weighted by atomic mass is 10.2. The van der Waals surface area contributed by atoms with Crippen molar-refractivity contribution in [3.63, 3.8) is 0 Å². The number of benzene rings is 1. The summed E-state index contributed by atoms with van der Waals surface area (Å²) in [5, 5.41) is 8.98. The molecule has 0 amide bonds. The Morgan fingerprint density at radius 3 is 2.50 bits per heavy atom. The summed E-state index contributed by atoms with van der Waals surface area (Å²) in [4.78, 5) is -0.0818. The van der Waals surface area contributed by atoms with Gasteiger partial charge in [0.25, 0.3) is 0 Å². The topological polar surface area (TPSA) is 83.6 Å². The molecule has 1 atom stereocenters. The highest BCUT2D eigenvalue weighted by atomic mass is 32.2. The first-order chi connectivity index (χ1) is 8.21. The van der Waals surface area contributed by atoms with Gasteiger partial charge in [-0.05, 0) is 31.5 Å². The van der Waals surface area contributed by atoms with Crippen LogP contribution in [-0.2, 0) is 10.0 Å². The average molecular weight is 276 g/mol. The molecule has 7 heteroatoms. The maximum atomic E-state index is 13.4. The van der Waals surface area contributed by atoms with Gasteiger partial charge in [-0.2, -0.15) is 4.31 Å². The Kier molecular flexibility index (Phi) is 4.31. The molecule has 1 aromatic carbocycles. The minimum Gasteiger partial charge on any atom is -0.396 e. The van der Waals surface area contributed by atoms with Crippen molar-refractivity contribution in [2.45, 2.75) is 24.8 Å². The van der Waals surface area contributed by atoms with E-state index >= 15 is 0 Å². The summed E-state index contributed by atoms with van der Waals surface area (Å²) in [7, 11) is -2.43. The molecule has 1 rings (SSSR count). The van der Waals surface area contributed by atoms with E-state index < -0.39 is 21.9 Å². The Hall–Kier alpha value is -1.18. The van der Waals surface area contributed by atoms with Crippen molar-refractivity contribution < 1.29 is 17.9 Å². The smallest absolute Gasteiger partial charge is 0.243 e. The maximum Gasteiger partial charge on any atom is 0.243 e. The number of nitrogens with zero attached hydrogens (tertiary/aromatic N) is 1. The Morgan fingerprint density at radius 2 is 2.06 bits per heavy atom. The third kappa shape index (κ3) is 2.63. The molecule has 102 valence electrons. The molecule has 0 aliphatic carbocycles. The number of anilines is 1. The second kappa shape index (κ2) is 5.21. The predicted octanol–water partition coefficient (Wildman–Crippen LogP) is 0.718. The molecule has 0 fully saturated rings. The quantitative estimate of drug-likeness (QED) is 0.794. The van der Waals surface area contributed by atoms with E-state index in [0.717, 1.165) is 10.4 Å². The molecule has 18 heavy (non-hydrogen) atoms. The van der Waals surface area contributed by atoms with Gasteiger partial charge in [0.2, 0.25) is 10.0 Å². The van der Waals surface area contributed by atoms with Gasteiger partial charge in [-0.15, -0.1) is 0 Å². The van der Waals surface area contributed by atoms with E-state index in [9.17, 15) is 12.8 Å². The summed E-state index contributed by atoms with van der Waals surface area (Å²) in [5.74, 6) is -0.619. The zero-order valence-electron chi connectivity index (χ0n) is 10.5. The van der Waals surface area contributed by atoms with Crippen LogP contribution in [0, 0.1) is 12.7 Å². The number of halogens is 1. The monoisotopic (exact) mass is 276 g/mol. The lowest BCUT2D eigenvalue weighted by Gasteiger charge is -2.23. The van der Waals surface area contributed by atoms with Crippen LogP contribution in [0.4, 0.5) is 10.1 Å². The van der Waals surface area contributed by atoms with Crippen LogP contribution in [0.3, 0.4) is 0 Å². The number of aliphatic hydroxyl groups excluding tert-OH is 1. The maximum absolute atomic E-state index is 13.4. The van der Waals surface area contributed by atoms with Crippen molar-refractivity contribution in [3.8, 4) is 0 Å². The normalized spacial score (nSPS) is 13.9. The van der Waals surface area contributed by atoms with Gasteiger partial charge >= 0.3 is 0 Å². The first-order valence-corrected chi connectivity index (χ1v) is 6.80. The van der Waals surface area contributed by atoms with E-state index in [-0.39, 0.29) is 22.8 Å². The number of nitrogens with two attached hydrogens (primary N) is 1. The summed E-state index contributed by atoms with van der Waals surface area (Å²) < 4.78 is 38.7. The molecule has 0 radical (unpaired) electrons. The van der Waals surface area contributed by atoms with Crippen molar-refractivity contribution in [1.82, 2.24) is 4.31 Å². The SMILES string of the molecule is Cc1cc(S(=O)(=O)N(C)C(C)CO)cc(N)c1F. The molecular weight excluding hydrogens is 259 g/mol. The van der Waals surface area contributed by atoms with Crippen LogP contribution in [0.1, 0.15) is 12.5 Å². The number of nitrogen functional groups attached to an aromatic ring is 1. The Bertz CT molecular complexity index is 522. The first kappa shape index (κ1) is 14.9. The number of hydrogen-bond acceptors (Lipinski definition) is 4. The lowest BCUT2D eigenvalue weighted by Crippen LogP contribution is -2.37. The summed E-state index contributed by atoms with van der Waals surface area (Å²) in [6.07, 6.45) is 0. The Labute approximate surface area is 106 Å². The van der Waals surface area contributed by atoms with Crippen molar-refractivity contribution in [1.29, 1.82) is 0 Å². The summed E-state index contributed by atoms with van der Waals surface area (Å²) in [5.41, 5.74) is 5.38. The predicted molar refractivity (Wildman–Crippen MR) is 67.0 cm³/mol. The zero-order chi connectivity index (χ0) is 14.1. The van der Waals surface area contributed by atoms with E-state index in [1.807, 2.05) is 0 Å². The van der Waals surface area contributed by atoms with Gasteiger partial charge in [-0.3, -0.25) is 0 Å². The third-order valence-corrected chi connectivity index (χ3v) is 4.77. The van der Waals surface area contributed by atoms with Gasteiger partial charge in [0.15, 0.2) is 0 Å². The molecule has 5 nitrogen and oxygen atoms in total. The highest BCUT2D eigenvalue weighted by molar-refractivity contribution is 7.89. The standard InChI is InChI=1S/C11H17FN2O3S/c1-7-4-9(5-10(13)11(7)12)18(16,17)14(3)8(2)6-15/h4-5,8,15H,6,13H2,1-3H3. The summed E-state index contributed by atoms with van der Waals surface area (Å²) in [6.45, 7) is 2.71. The van der Waals surface area contributed by atoms with Gasteiger partial charge in [-0.1, -0.05) is 0 Å². The van der Waals surface area contributed by atoms with Gasteiger partial charge in [-0.25, -0.2) is 12.8 Å². The summed E-state index contributed by atoms with van der Waals surface area (Å²) in [6, 6.07) is 1.74. The van der Waals surface area contributed by atoms with E-state index in [0.29, 0.717) is 0 Å². The molecule has 0 bridgehead atoms. The van der Waals surface area contributed by atoms with Gasteiger partial charge in [0.1, 0.15) is 5.82 Å². The zero-order valence-corrected chi connectivity index (χ0v) is 11.3. The van der Waals surface area contributed by atoms with E-state index in [1.165, 1.54) is 20.0 Å². The largest absolute Gasteiger partial charge is 0.396 e. The Balaban J connectivity index is 3.29. The van der Waals surface area contributed by atoms with E-state index in [4.69, 9.17) is 10.8 Å². The number of sulfonamides is 1. The second-order valence-electron chi connectivity index (χ2n) is 4.20. The van der Waals surface area contributed by atoms with E-state index in [2.05, 4.69) is 0 Å². The van der Waals surface area contributed by atoms with Crippen molar-refractivity contribution in [2.24, 2.45) is 0 Å². The number of hydrogen-bond donors (Lipinski definition) is 2. The molecule has 0 aliphatic heterocycles. The minimum atomic E-state index is -3.79.